The molecule has 1 aromatic carbocycles. The summed E-state index contributed by atoms with van der Waals surface area (Å²) in [5.74, 6) is 0. The van der Waals surface area contributed by atoms with E-state index in [9.17, 15) is 0 Å². The normalized spacial score (nSPS) is 20.9. The molecule has 3 aromatic rings. The van der Waals surface area contributed by atoms with Crippen LogP contribution in [-0.4, -0.2) is 40.7 Å². The second kappa shape index (κ2) is 9.69. The van der Waals surface area contributed by atoms with Crippen LogP contribution in [0.25, 0.3) is 11.6 Å². The molecule has 3 N–H and O–H groups in total. The summed E-state index contributed by atoms with van der Waals surface area (Å²) in [5, 5.41) is 3.46. The second-order valence-corrected chi connectivity index (χ2v) is 10.3. The van der Waals surface area contributed by atoms with Gasteiger partial charge >= 0.3 is 0 Å². The predicted octanol–water partition coefficient (Wildman–Crippen LogP) is 6.22. The van der Waals surface area contributed by atoms with Gasteiger partial charge in [-0.2, -0.15) is 0 Å². The number of aryl methyl sites for hydroxylation is 2. The van der Waals surface area contributed by atoms with Crippen molar-refractivity contribution in [2.45, 2.75) is 52.1 Å². The van der Waals surface area contributed by atoms with Gasteiger partial charge in [-0.3, -0.25) is 15.0 Å². The lowest BCUT2D eigenvalue weighted by molar-refractivity contribution is 0.683. The van der Waals surface area contributed by atoms with Gasteiger partial charge in [-0.1, -0.05) is 12.2 Å². The molecule has 2 aromatic heterocycles. The summed E-state index contributed by atoms with van der Waals surface area (Å²) in [7, 11) is 0. The van der Waals surface area contributed by atoms with E-state index in [2.05, 4.69) is 90.7 Å². The van der Waals surface area contributed by atoms with Crippen LogP contribution in [0.4, 0.5) is 5.69 Å². The van der Waals surface area contributed by atoms with Gasteiger partial charge in [0.2, 0.25) is 0 Å². The van der Waals surface area contributed by atoms with Crippen molar-refractivity contribution in [3.05, 3.63) is 99.4 Å². The zero-order valence-corrected chi connectivity index (χ0v) is 21.5. The number of hydrogen-bond acceptors (Lipinski definition) is 4. The fraction of sp³-hybridized carbons (Fsp3) is 0.258. The maximum absolute atomic E-state index is 4.93. The van der Waals surface area contributed by atoms with Gasteiger partial charge in [0.15, 0.2) is 0 Å². The monoisotopic (exact) mass is 488 g/mol. The van der Waals surface area contributed by atoms with Crippen LogP contribution in [-0.2, 0) is 6.42 Å². The Hall–Kier alpha value is -4.19. The third-order valence-electron chi connectivity index (χ3n) is 7.01. The highest BCUT2D eigenvalue weighted by molar-refractivity contribution is 5.89. The Labute approximate surface area is 217 Å². The van der Waals surface area contributed by atoms with E-state index in [1.54, 1.807) is 0 Å². The Morgan fingerprint density at radius 1 is 0.919 bits per heavy atom. The molecule has 0 saturated heterocycles. The smallest absolute Gasteiger partial charge is 0.0727 e. The van der Waals surface area contributed by atoms with Crippen molar-refractivity contribution >= 4 is 36.0 Å². The number of benzene rings is 1. The first-order chi connectivity index (χ1) is 18.0. The molecule has 6 rings (SSSR count). The molecule has 6 heteroatoms. The van der Waals surface area contributed by atoms with E-state index in [0.717, 1.165) is 59.1 Å². The molecule has 0 spiro atoms. The zero-order chi connectivity index (χ0) is 25.4. The minimum atomic E-state index is 0.0765. The summed E-state index contributed by atoms with van der Waals surface area (Å²) < 4.78 is 0. The van der Waals surface area contributed by atoms with E-state index in [0.29, 0.717) is 6.04 Å². The summed E-state index contributed by atoms with van der Waals surface area (Å²) in [6.45, 7) is 6.30. The number of H-pyrrole nitrogens is 2. The van der Waals surface area contributed by atoms with Gasteiger partial charge in [0.25, 0.3) is 0 Å². The number of rotatable bonds is 6. The number of nitrogens with one attached hydrogen (secondary N) is 3. The summed E-state index contributed by atoms with van der Waals surface area (Å²) >= 11 is 0. The number of hydrogen-bond donors (Lipinski definition) is 3. The van der Waals surface area contributed by atoms with Crippen LogP contribution in [0.15, 0.2) is 74.9 Å². The second-order valence-electron chi connectivity index (χ2n) is 10.3. The molecule has 0 bridgehead atoms. The maximum Gasteiger partial charge on any atom is 0.0727 e. The maximum atomic E-state index is 4.93. The minimum Gasteiger partial charge on any atom is -0.381 e. The Bertz CT molecular complexity index is 1520. The fourth-order valence-corrected chi connectivity index (χ4v) is 5.27. The summed E-state index contributed by atoms with van der Waals surface area (Å²) in [5.41, 5.74) is 12.5. The van der Waals surface area contributed by atoms with Crippen LogP contribution in [0.3, 0.4) is 0 Å². The van der Waals surface area contributed by atoms with Gasteiger partial charge in [-0.15, -0.1) is 0 Å². The van der Waals surface area contributed by atoms with Crippen molar-refractivity contribution in [2.75, 3.05) is 0 Å². The molecule has 1 aliphatic heterocycles. The molecule has 186 valence electrons. The van der Waals surface area contributed by atoms with Crippen LogP contribution in [0, 0.1) is 13.8 Å². The van der Waals surface area contributed by atoms with E-state index in [4.69, 9.17) is 15.0 Å². The van der Waals surface area contributed by atoms with Gasteiger partial charge in [0.1, 0.15) is 0 Å². The van der Waals surface area contributed by atoms with Crippen molar-refractivity contribution in [1.82, 2.24) is 15.3 Å². The average Bonchev–Trinajstić information content (AvgIpc) is 3.61. The van der Waals surface area contributed by atoms with Crippen LogP contribution in [0.1, 0.15) is 59.2 Å². The number of nitrogens with zero attached hydrogens (tertiary/aromatic N) is 3. The third-order valence-corrected chi connectivity index (χ3v) is 7.01. The summed E-state index contributed by atoms with van der Waals surface area (Å²) in [6.07, 6.45) is 15.2. The lowest BCUT2D eigenvalue weighted by Crippen LogP contribution is -2.18. The van der Waals surface area contributed by atoms with Crippen molar-refractivity contribution in [1.29, 1.82) is 0 Å². The molecule has 37 heavy (non-hydrogen) atoms. The van der Waals surface area contributed by atoms with E-state index >= 15 is 0 Å². The quantitative estimate of drug-likeness (QED) is 0.354. The molecular weight excluding hydrogens is 456 g/mol. The minimum absolute atomic E-state index is 0.0765. The molecule has 0 radical (unpaired) electrons. The third kappa shape index (κ3) is 5.19. The Balaban J connectivity index is 1.35. The van der Waals surface area contributed by atoms with Crippen LogP contribution < -0.4 is 5.32 Å². The standard InChI is InChI=1S/C31H32N6/c1-19-4-7-25(35-19)16-32-28-10-22-12-29(33-17-26-8-5-20(2)36-26)14-24-15-30(13-23(11-28)31(22)24)34-18-27-9-6-21(3)37-27/h4-5,7-10,13-18,21,28,35-37H,6,11-12H2,1-3H3. The molecule has 6 nitrogen and oxygen atoms in total. The highest BCUT2D eigenvalue weighted by atomic mass is 15.0. The number of allylic oxidation sites excluding steroid dienone is 2. The molecule has 2 atom stereocenters. The van der Waals surface area contributed by atoms with Crippen molar-refractivity contribution in [3.8, 4) is 0 Å². The summed E-state index contributed by atoms with van der Waals surface area (Å²) in [6, 6.07) is 13.2. The van der Waals surface area contributed by atoms with Gasteiger partial charge in [0, 0.05) is 41.5 Å². The predicted molar refractivity (Wildman–Crippen MR) is 154 cm³/mol. The van der Waals surface area contributed by atoms with Crippen molar-refractivity contribution in [3.63, 3.8) is 0 Å². The molecule has 0 saturated carbocycles. The molecule has 2 aliphatic carbocycles. The molecule has 0 amide bonds. The van der Waals surface area contributed by atoms with E-state index < -0.39 is 0 Å². The van der Waals surface area contributed by atoms with Crippen molar-refractivity contribution < 1.29 is 0 Å². The van der Waals surface area contributed by atoms with E-state index in [1.165, 1.54) is 22.3 Å². The highest BCUT2D eigenvalue weighted by Crippen LogP contribution is 2.41. The lowest BCUT2D eigenvalue weighted by Gasteiger charge is -2.27. The van der Waals surface area contributed by atoms with Gasteiger partial charge in [-0.25, -0.2) is 0 Å². The van der Waals surface area contributed by atoms with Crippen LogP contribution in [0.2, 0.25) is 0 Å². The molecule has 3 aliphatic rings. The average molecular weight is 489 g/mol. The molecule has 3 heterocycles. The van der Waals surface area contributed by atoms with E-state index in [-0.39, 0.29) is 6.04 Å². The first-order valence-electron chi connectivity index (χ1n) is 13.0. The van der Waals surface area contributed by atoms with Crippen LogP contribution >= 0.6 is 0 Å². The van der Waals surface area contributed by atoms with Crippen LogP contribution in [0.5, 0.6) is 0 Å². The SMILES string of the molecule is Cc1ccc(C=NC2=Cc3cc(N=CC4=CCC(C)N4)cc4c3C(=CC(N=Cc3ccc(C)[nH]3)C4)C2)[nH]1. The number of aromatic nitrogens is 2. The lowest BCUT2D eigenvalue weighted by atomic mass is 9.80. The van der Waals surface area contributed by atoms with Gasteiger partial charge in [-0.05, 0) is 98.4 Å². The fourth-order valence-electron chi connectivity index (χ4n) is 5.27. The molecular formula is C31H32N6. The number of aromatic amines is 2. The zero-order valence-electron chi connectivity index (χ0n) is 21.5. The topological polar surface area (TPSA) is 80.7 Å². The Kier molecular flexibility index (Phi) is 6.08. The largest absolute Gasteiger partial charge is 0.381 e. The first kappa shape index (κ1) is 23.2. The highest BCUT2D eigenvalue weighted by Gasteiger charge is 2.25. The van der Waals surface area contributed by atoms with Gasteiger partial charge in [0.05, 0.1) is 35.5 Å². The Morgan fingerprint density at radius 2 is 1.70 bits per heavy atom. The first-order valence-corrected chi connectivity index (χ1v) is 13.0. The van der Waals surface area contributed by atoms with Gasteiger partial charge < -0.3 is 15.3 Å². The molecule has 2 unspecified atom stereocenters. The van der Waals surface area contributed by atoms with Crippen molar-refractivity contribution in [2.24, 2.45) is 15.0 Å². The molecule has 0 fully saturated rings. The summed E-state index contributed by atoms with van der Waals surface area (Å²) in [4.78, 5) is 21.3. The Morgan fingerprint density at radius 3 is 2.41 bits per heavy atom. The number of aliphatic imine (C=N–C) groups is 3. The van der Waals surface area contributed by atoms with E-state index in [1.807, 2.05) is 18.6 Å².